The Labute approximate surface area is 78.7 Å². The molecule has 0 bridgehead atoms. The molecule has 78 valence electrons. The Balaban J connectivity index is 2.23. The zero-order chi connectivity index (χ0) is 9.84. The Kier molecular flexibility index (Phi) is 4.10. The highest BCUT2D eigenvalue weighted by Crippen LogP contribution is 2.33. The summed E-state index contributed by atoms with van der Waals surface area (Å²) in [6.07, 6.45) is 1.07. The molecule has 4 atom stereocenters. The molecule has 0 aromatic carbocycles. The molecule has 0 spiro atoms. The van der Waals surface area contributed by atoms with Gasteiger partial charge in [0.05, 0.1) is 0 Å². The van der Waals surface area contributed by atoms with Gasteiger partial charge < -0.3 is 5.73 Å². The zero-order valence-corrected chi connectivity index (χ0v) is 8.18. The Morgan fingerprint density at radius 1 is 1.31 bits per heavy atom. The van der Waals surface area contributed by atoms with Gasteiger partial charge in [0, 0.05) is 6.04 Å². The lowest BCUT2D eigenvalue weighted by Gasteiger charge is -2.14. The van der Waals surface area contributed by atoms with Crippen LogP contribution < -0.4 is 5.73 Å². The van der Waals surface area contributed by atoms with Crippen molar-refractivity contribution in [3.8, 4) is 0 Å². The van der Waals surface area contributed by atoms with Crippen LogP contribution in [0.4, 0.5) is 8.78 Å². The smallest absolute Gasteiger partial charge is 0.131 e. The van der Waals surface area contributed by atoms with Gasteiger partial charge in [0.25, 0.3) is 0 Å². The molecule has 2 N–H and O–H groups in total. The maximum Gasteiger partial charge on any atom is 0.131 e. The fraction of sp³-hybridized carbons (Fsp3) is 1.00. The van der Waals surface area contributed by atoms with E-state index in [0.29, 0.717) is 12.8 Å². The van der Waals surface area contributed by atoms with Gasteiger partial charge in [0.2, 0.25) is 0 Å². The van der Waals surface area contributed by atoms with Gasteiger partial charge in [-0.25, -0.2) is 8.78 Å². The van der Waals surface area contributed by atoms with Crippen molar-refractivity contribution in [3.05, 3.63) is 0 Å². The van der Waals surface area contributed by atoms with E-state index in [2.05, 4.69) is 6.92 Å². The average molecular weight is 191 g/mol. The van der Waals surface area contributed by atoms with Crippen molar-refractivity contribution in [1.82, 2.24) is 0 Å². The van der Waals surface area contributed by atoms with Crippen LogP contribution in [0.5, 0.6) is 0 Å². The lowest BCUT2D eigenvalue weighted by Crippen LogP contribution is -2.22. The normalized spacial score (nSPS) is 36.5. The third-order valence-corrected chi connectivity index (χ3v) is 2.81. The molecular weight excluding hydrogens is 172 g/mol. The summed E-state index contributed by atoms with van der Waals surface area (Å²) in [6, 6.07) is 0.132. The quantitative estimate of drug-likeness (QED) is 0.726. The molecule has 1 aliphatic carbocycles. The highest BCUT2D eigenvalue weighted by molar-refractivity contribution is 4.85. The van der Waals surface area contributed by atoms with Crippen LogP contribution in [0.1, 0.15) is 39.0 Å². The van der Waals surface area contributed by atoms with Gasteiger partial charge >= 0.3 is 0 Å². The van der Waals surface area contributed by atoms with Crippen LogP contribution in [0.2, 0.25) is 0 Å². The van der Waals surface area contributed by atoms with Gasteiger partial charge in [-0.3, -0.25) is 0 Å². The Morgan fingerprint density at radius 3 is 2.31 bits per heavy atom. The SMILES string of the molecule is CCC[C@@H](N)C[C@@H]1C[C@@H](F)[C@@H](F)C1. The molecule has 0 unspecified atom stereocenters. The standard InChI is InChI=1S/C10H19F2N/c1-2-3-8(13)4-7-5-9(11)10(12)6-7/h7-10H,2-6,13H2,1H3/t7-,8-,9-,10+/m1/s1. The van der Waals surface area contributed by atoms with Crippen LogP contribution in [0.25, 0.3) is 0 Å². The molecule has 1 nitrogen and oxygen atoms in total. The second-order valence-electron chi connectivity index (χ2n) is 4.15. The summed E-state index contributed by atoms with van der Waals surface area (Å²) < 4.78 is 25.6. The van der Waals surface area contributed by atoms with Crippen molar-refractivity contribution in [2.24, 2.45) is 11.7 Å². The molecule has 0 aromatic heterocycles. The van der Waals surface area contributed by atoms with Gasteiger partial charge in [-0.1, -0.05) is 13.3 Å². The minimum atomic E-state index is -1.24. The van der Waals surface area contributed by atoms with Gasteiger partial charge in [0.1, 0.15) is 12.3 Å². The lowest BCUT2D eigenvalue weighted by atomic mass is 9.96. The van der Waals surface area contributed by atoms with Crippen LogP contribution in [0.3, 0.4) is 0 Å². The molecule has 1 saturated carbocycles. The van der Waals surface area contributed by atoms with Gasteiger partial charge in [-0.2, -0.15) is 0 Å². The second-order valence-corrected chi connectivity index (χ2v) is 4.15. The molecular formula is C10H19F2N. The first kappa shape index (κ1) is 10.9. The zero-order valence-electron chi connectivity index (χ0n) is 8.18. The Bertz CT molecular complexity index is 142. The number of alkyl halides is 2. The minimum Gasteiger partial charge on any atom is -0.328 e. The summed E-state index contributed by atoms with van der Waals surface area (Å²) in [5, 5.41) is 0. The van der Waals surface area contributed by atoms with Crippen LogP contribution in [0, 0.1) is 5.92 Å². The summed E-state index contributed by atoms with van der Waals surface area (Å²) >= 11 is 0. The van der Waals surface area contributed by atoms with Crippen molar-refractivity contribution in [3.63, 3.8) is 0 Å². The third kappa shape index (κ3) is 3.22. The van der Waals surface area contributed by atoms with E-state index in [4.69, 9.17) is 5.73 Å². The molecule has 0 aliphatic heterocycles. The lowest BCUT2D eigenvalue weighted by molar-refractivity contribution is 0.199. The number of nitrogens with two attached hydrogens (primary N) is 1. The van der Waals surface area contributed by atoms with Crippen LogP contribution in [0.15, 0.2) is 0 Å². The molecule has 0 aromatic rings. The maximum atomic E-state index is 12.8. The van der Waals surface area contributed by atoms with E-state index in [0.717, 1.165) is 19.3 Å². The van der Waals surface area contributed by atoms with Crippen LogP contribution in [-0.2, 0) is 0 Å². The number of rotatable bonds is 4. The predicted molar refractivity (Wildman–Crippen MR) is 50.0 cm³/mol. The van der Waals surface area contributed by atoms with E-state index in [1.165, 1.54) is 0 Å². The summed E-state index contributed by atoms with van der Waals surface area (Å²) in [4.78, 5) is 0. The second kappa shape index (κ2) is 4.89. The third-order valence-electron chi connectivity index (χ3n) is 2.81. The monoisotopic (exact) mass is 191 g/mol. The molecule has 1 aliphatic rings. The summed E-state index contributed by atoms with van der Waals surface area (Å²) in [6.45, 7) is 2.07. The maximum absolute atomic E-state index is 12.8. The first-order valence-electron chi connectivity index (χ1n) is 5.17. The van der Waals surface area contributed by atoms with E-state index >= 15 is 0 Å². The Hall–Kier alpha value is -0.180. The van der Waals surface area contributed by atoms with Crippen molar-refractivity contribution in [2.75, 3.05) is 0 Å². The van der Waals surface area contributed by atoms with Crippen molar-refractivity contribution < 1.29 is 8.78 Å². The van der Waals surface area contributed by atoms with Gasteiger partial charge in [-0.15, -0.1) is 0 Å². The number of hydrogen-bond donors (Lipinski definition) is 1. The van der Waals surface area contributed by atoms with E-state index in [1.54, 1.807) is 0 Å². The molecule has 1 fully saturated rings. The number of halogens is 2. The largest absolute Gasteiger partial charge is 0.328 e. The molecule has 13 heavy (non-hydrogen) atoms. The van der Waals surface area contributed by atoms with Gasteiger partial charge in [-0.05, 0) is 31.6 Å². The van der Waals surface area contributed by atoms with E-state index in [-0.39, 0.29) is 12.0 Å². The predicted octanol–water partition coefficient (Wildman–Crippen LogP) is 2.59. The van der Waals surface area contributed by atoms with E-state index < -0.39 is 12.3 Å². The van der Waals surface area contributed by atoms with Crippen molar-refractivity contribution >= 4 is 0 Å². The molecule has 3 heteroatoms. The number of hydrogen-bond acceptors (Lipinski definition) is 1. The fourth-order valence-electron chi connectivity index (χ4n) is 2.14. The first-order valence-corrected chi connectivity index (χ1v) is 5.17. The highest BCUT2D eigenvalue weighted by Gasteiger charge is 2.34. The van der Waals surface area contributed by atoms with Gasteiger partial charge in [0.15, 0.2) is 0 Å². The molecule has 1 rings (SSSR count). The molecule has 0 amide bonds. The molecule has 0 heterocycles. The summed E-state index contributed by atoms with van der Waals surface area (Å²) in [5.41, 5.74) is 5.81. The van der Waals surface area contributed by atoms with Crippen molar-refractivity contribution in [2.45, 2.75) is 57.4 Å². The van der Waals surface area contributed by atoms with Crippen molar-refractivity contribution in [1.29, 1.82) is 0 Å². The summed E-state index contributed by atoms with van der Waals surface area (Å²) in [7, 11) is 0. The topological polar surface area (TPSA) is 26.0 Å². The fourth-order valence-corrected chi connectivity index (χ4v) is 2.14. The summed E-state index contributed by atoms with van der Waals surface area (Å²) in [5.74, 6) is 0.173. The average Bonchev–Trinajstić information content (AvgIpc) is 2.31. The molecule has 0 saturated heterocycles. The van der Waals surface area contributed by atoms with Crippen LogP contribution in [-0.4, -0.2) is 18.4 Å². The first-order chi connectivity index (χ1) is 6.13. The Morgan fingerprint density at radius 2 is 1.85 bits per heavy atom. The highest BCUT2D eigenvalue weighted by atomic mass is 19.2. The molecule has 0 radical (unpaired) electrons. The van der Waals surface area contributed by atoms with E-state index in [1.807, 2.05) is 0 Å². The van der Waals surface area contributed by atoms with E-state index in [9.17, 15) is 8.78 Å². The van der Waals surface area contributed by atoms with Crippen LogP contribution >= 0.6 is 0 Å². The minimum absolute atomic E-state index is 0.132.